The third-order valence-electron chi connectivity index (χ3n) is 4.26. The lowest BCUT2D eigenvalue weighted by molar-refractivity contribution is -0.384. The Labute approximate surface area is 118 Å². The summed E-state index contributed by atoms with van der Waals surface area (Å²) in [7, 11) is 0. The van der Waals surface area contributed by atoms with Gasteiger partial charge in [0.2, 0.25) is 0 Å². The van der Waals surface area contributed by atoms with Gasteiger partial charge in [-0.3, -0.25) is 10.1 Å². The average molecular weight is 283 g/mol. The van der Waals surface area contributed by atoms with Crippen molar-refractivity contribution in [3.8, 4) is 0 Å². The zero-order valence-corrected chi connectivity index (χ0v) is 12.0. The van der Waals surface area contributed by atoms with E-state index in [2.05, 4.69) is 19.2 Å². The smallest absolute Gasteiger partial charge is 0.271 e. The minimum absolute atomic E-state index is 0.0291. The number of non-ortho nitro benzene ring substituents is 1. The van der Waals surface area contributed by atoms with E-state index in [1.807, 2.05) is 0 Å². The second-order valence-electron chi connectivity index (χ2n) is 5.28. The van der Waals surface area contributed by atoms with Gasteiger partial charge in [0.05, 0.1) is 15.6 Å². The van der Waals surface area contributed by atoms with Crippen LogP contribution >= 0.6 is 11.6 Å². The number of hydrogen-bond acceptors (Lipinski definition) is 3. The number of anilines is 1. The topological polar surface area (TPSA) is 55.2 Å². The molecule has 1 N–H and O–H groups in total. The molecule has 1 aromatic carbocycles. The summed E-state index contributed by atoms with van der Waals surface area (Å²) >= 11 is 6.10. The fraction of sp³-hybridized carbons (Fsp3) is 0.571. The first-order chi connectivity index (χ1) is 9.02. The molecule has 0 heterocycles. The highest BCUT2D eigenvalue weighted by Crippen LogP contribution is 2.37. The van der Waals surface area contributed by atoms with Crippen LogP contribution in [0.3, 0.4) is 0 Å². The Bertz CT molecular complexity index is 479. The average Bonchev–Trinajstić information content (AvgIpc) is 2.72. The third kappa shape index (κ3) is 3.00. The second-order valence-corrected chi connectivity index (χ2v) is 5.68. The number of nitro groups is 1. The van der Waals surface area contributed by atoms with Crippen LogP contribution < -0.4 is 5.32 Å². The minimum Gasteiger partial charge on any atom is -0.381 e. The van der Waals surface area contributed by atoms with E-state index >= 15 is 0 Å². The van der Waals surface area contributed by atoms with E-state index < -0.39 is 4.92 Å². The van der Waals surface area contributed by atoms with E-state index in [1.54, 1.807) is 6.07 Å². The van der Waals surface area contributed by atoms with Gasteiger partial charge in [-0.05, 0) is 30.7 Å². The van der Waals surface area contributed by atoms with Gasteiger partial charge < -0.3 is 5.32 Å². The number of benzene rings is 1. The predicted octanol–water partition coefficient (Wildman–Crippen LogP) is 4.48. The number of rotatable bonds is 4. The van der Waals surface area contributed by atoms with Crippen molar-refractivity contribution in [2.75, 3.05) is 5.32 Å². The van der Waals surface area contributed by atoms with Crippen LogP contribution in [-0.2, 0) is 0 Å². The van der Waals surface area contributed by atoms with E-state index in [9.17, 15) is 10.1 Å². The monoisotopic (exact) mass is 282 g/mol. The minimum atomic E-state index is -0.430. The fourth-order valence-electron chi connectivity index (χ4n) is 2.96. The molecule has 0 saturated heterocycles. The molecule has 104 valence electrons. The zero-order valence-electron chi connectivity index (χ0n) is 11.2. The van der Waals surface area contributed by atoms with E-state index in [1.165, 1.54) is 25.0 Å². The van der Waals surface area contributed by atoms with Crippen LogP contribution in [0, 0.1) is 22.0 Å². The van der Waals surface area contributed by atoms with Gasteiger partial charge in [-0.1, -0.05) is 31.9 Å². The van der Waals surface area contributed by atoms with Crippen LogP contribution in [0.4, 0.5) is 11.4 Å². The standard InChI is InChI=1S/C14H19ClN2O2/c1-3-10-4-6-13(9(10)2)16-14-7-5-11(17(18)19)8-12(14)15/h5,7-10,13,16H,3-4,6H2,1-2H3. The maximum atomic E-state index is 10.7. The molecule has 1 saturated carbocycles. The van der Waals surface area contributed by atoms with Gasteiger partial charge in [-0.25, -0.2) is 0 Å². The first-order valence-corrected chi connectivity index (χ1v) is 7.11. The predicted molar refractivity (Wildman–Crippen MR) is 77.7 cm³/mol. The lowest BCUT2D eigenvalue weighted by atomic mass is 9.93. The SMILES string of the molecule is CCC1CCC(Nc2ccc([N+](=O)[O-])cc2Cl)C1C. The number of nitrogens with one attached hydrogen (secondary N) is 1. The molecule has 1 aliphatic carbocycles. The maximum absolute atomic E-state index is 10.7. The van der Waals surface area contributed by atoms with Crippen LogP contribution in [0.1, 0.15) is 33.1 Å². The fourth-order valence-corrected chi connectivity index (χ4v) is 3.19. The molecule has 19 heavy (non-hydrogen) atoms. The van der Waals surface area contributed by atoms with Gasteiger partial charge in [-0.15, -0.1) is 0 Å². The summed E-state index contributed by atoms with van der Waals surface area (Å²) in [6.45, 7) is 4.49. The van der Waals surface area contributed by atoms with E-state index in [-0.39, 0.29) is 5.69 Å². The summed E-state index contributed by atoms with van der Waals surface area (Å²) in [5.41, 5.74) is 0.822. The molecule has 1 aromatic rings. The lowest BCUT2D eigenvalue weighted by Crippen LogP contribution is -2.24. The van der Waals surface area contributed by atoms with Crippen LogP contribution in [0.2, 0.25) is 5.02 Å². The molecule has 5 heteroatoms. The zero-order chi connectivity index (χ0) is 14.0. The summed E-state index contributed by atoms with van der Waals surface area (Å²) in [4.78, 5) is 10.2. The van der Waals surface area contributed by atoms with Crippen molar-refractivity contribution in [3.05, 3.63) is 33.3 Å². The largest absolute Gasteiger partial charge is 0.381 e. The van der Waals surface area contributed by atoms with E-state index in [0.29, 0.717) is 17.0 Å². The van der Waals surface area contributed by atoms with Crippen LogP contribution in [0.5, 0.6) is 0 Å². The van der Waals surface area contributed by atoms with Crippen molar-refractivity contribution in [2.45, 2.75) is 39.2 Å². The molecule has 0 radical (unpaired) electrons. The highest BCUT2D eigenvalue weighted by atomic mass is 35.5. The first-order valence-electron chi connectivity index (χ1n) is 6.73. The molecule has 0 aromatic heterocycles. The van der Waals surface area contributed by atoms with Gasteiger partial charge in [0.1, 0.15) is 0 Å². The normalized spacial score (nSPS) is 26.4. The molecule has 0 spiro atoms. The second kappa shape index (κ2) is 5.78. The van der Waals surface area contributed by atoms with Crippen LogP contribution in [-0.4, -0.2) is 11.0 Å². The molecule has 3 unspecified atom stereocenters. The molecular weight excluding hydrogens is 264 g/mol. The Balaban J connectivity index is 2.10. The van der Waals surface area contributed by atoms with E-state index in [0.717, 1.165) is 18.0 Å². The Morgan fingerprint density at radius 2 is 2.21 bits per heavy atom. The number of nitro benzene ring substituents is 1. The molecule has 3 atom stereocenters. The van der Waals surface area contributed by atoms with Crippen molar-refractivity contribution < 1.29 is 4.92 Å². The molecule has 2 rings (SSSR count). The molecule has 0 bridgehead atoms. The molecule has 1 fully saturated rings. The number of halogens is 1. The van der Waals surface area contributed by atoms with Crippen molar-refractivity contribution in [3.63, 3.8) is 0 Å². The summed E-state index contributed by atoms with van der Waals surface area (Å²) < 4.78 is 0. The van der Waals surface area contributed by atoms with E-state index in [4.69, 9.17) is 11.6 Å². The van der Waals surface area contributed by atoms with Gasteiger partial charge in [0, 0.05) is 18.2 Å². The molecule has 0 aliphatic heterocycles. The summed E-state index contributed by atoms with van der Waals surface area (Å²) in [5, 5.41) is 14.5. The van der Waals surface area contributed by atoms with Crippen molar-refractivity contribution >= 4 is 23.0 Å². The number of nitrogens with zero attached hydrogens (tertiary/aromatic N) is 1. The van der Waals surface area contributed by atoms with Gasteiger partial charge in [-0.2, -0.15) is 0 Å². The molecular formula is C14H19ClN2O2. The Morgan fingerprint density at radius 1 is 1.47 bits per heavy atom. The van der Waals surface area contributed by atoms with Crippen molar-refractivity contribution in [1.29, 1.82) is 0 Å². The maximum Gasteiger partial charge on any atom is 0.271 e. The first kappa shape index (κ1) is 14.1. The summed E-state index contributed by atoms with van der Waals surface area (Å²) in [5.74, 6) is 1.37. The van der Waals surface area contributed by atoms with Crippen molar-refractivity contribution in [2.24, 2.45) is 11.8 Å². The summed E-state index contributed by atoms with van der Waals surface area (Å²) in [6.07, 6.45) is 3.57. The van der Waals surface area contributed by atoms with Crippen molar-refractivity contribution in [1.82, 2.24) is 0 Å². The van der Waals surface area contributed by atoms with Gasteiger partial charge >= 0.3 is 0 Å². The quantitative estimate of drug-likeness (QED) is 0.654. The molecule has 1 aliphatic rings. The summed E-state index contributed by atoms with van der Waals surface area (Å²) in [6, 6.07) is 5.00. The number of hydrogen-bond donors (Lipinski definition) is 1. The highest BCUT2D eigenvalue weighted by Gasteiger charge is 2.31. The van der Waals surface area contributed by atoms with Crippen LogP contribution in [0.15, 0.2) is 18.2 Å². The third-order valence-corrected chi connectivity index (χ3v) is 4.57. The molecule has 0 amide bonds. The van der Waals surface area contributed by atoms with Crippen LogP contribution in [0.25, 0.3) is 0 Å². The Hall–Kier alpha value is -1.29. The van der Waals surface area contributed by atoms with Gasteiger partial charge in [0.25, 0.3) is 5.69 Å². The highest BCUT2D eigenvalue weighted by molar-refractivity contribution is 6.33. The molecule has 4 nitrogen and oxygen atoms in total. The Kier molecular flexibility index (Phi) is 4.30. The van der Waals surface area contributed by atoms with Gasteiger partial charge in [0.15, 0.2) is 0 Å². The lowest BCUT2D eigenvalue weighted by Gasteiger charge is -2.22. The Morgan fingerprint density at radius 3 is 2.74 bits per heavy atom.